The van der Waals surface area contributed by atoms with Crippen molar-refractivity contribution in [1.29, 1.82) is 0 Å². The first kappa shape index (κ1) is 30.7. The topological polar surface area (TPSA) is 144 Å². The molecule has 0 saturated carbocycles. The van der Waals surface area contributed by atoms with Crippen LogP contribution in [-0.4, -0.2) is 63.0 Å². The van der Waals surface area contributed by atoms with Crippen molar-refractivity contribution in [3.05, 3.63) is 48.0 Å². The Labute approximate surface area is 224 Å². The first-order valence-corrected chi connectivity index (χ1v) is 12.8. The summed E-state index contributed by atoms with van der Waals surface area (Å²) in [6, 6.07) is 4.36. The average Bonchev–Trinajstić information content (AvgIpc) is 2.82. The summed E-state index contributed by atoms with van der Waals surface area (Å²) in [5.41, 5.74) is -3.20. The van der Waals surface area contributed by atoms with Gasteiger partial charge in [0.05, 0.1) is 16.6 Å². The maximum Gasteiger partial charge on any atom is 0.507 e. The highest BCUT2D eigenvalue weighted by atomic mass is 32.2. The minimum atomic E-state index is -4.88. The Morgan fingerprint density at radius 2 is 1.77 bits per heavy atom. The van der Waals surface area contributed by atoms with E-state index in [4.69, 9.17) is 9.84 Å². The number of amides is 1. The van der Waals surface area contributed by atoms with Gasteiger partial charge in [0, 0.05) is 12.2 Å². The van der Waals surface area contributed by atoms with Gasteiger partial charge in [-0.15, -0.1) is 0 Å². The Morgan fingerprint density at radius 1 is 1.10 bits per heavy atom. The Kier molecular flexibility index (Phi) is 8.69. The molecule has 2 aromatic carbocycles. The fourth-order valence-corrected chi connectivity index (χ4v) is 5.25. The number of hydrogen-bond acceptors (Lipinski definition) is 8. The molecular formula is C23H24F5N3O8S. The Hall–Kier alpha value is -3.86. The van der Waals surface area contributed by atoms with E-state index in [1.807, 2.05) is 0 Å². The summed E-state index contributed by atoms with van der Waals surface area (Å²) in [5.74, 6) is -2.79. The molecule has 0 radical (unpaired) electrons. The predicted octanol–water partition coefficient (Wildman–Crippen LogP) is 4.44. The van der Waals surface area contributed by atoms with Crippen LogP contribution in [0.2, 0.25) is 0 Å². The van der Waals surface area contributed by atoms with E-state index in [0.29, 0.717) is 26.0 Å². The van der Waals surface area contributed by atoms with E-state index in [1.165, 1.54) is 19.1 Å². The SMILES string of the molecule is C[C@@H]1[C@H](CNCOC(=O)O)Oc2ccc(NC(=O)OC(C)(C)C(F)(F)F)cc2N1S(=O)(=O)c1ccc(F)c(F)c1. The van der Waals surface area contributed by atoms with Crippen LogP contribution in [0, 0.1) is 11.6 Å². The highest BCUT2D eigenvalue weighted by Gasteiger charge is 2.51. The van der Waals surface area contributed by atoms with Crippen molar-refractivity contribution in [2.45, 2.75) is 49.6 Å². The molecule has 0 aliphatic carbocycles. The third kappa shape index (κ3) is 6.64. The number of anilines is 2. The summed E-state index contributed by atoms with van der Waals surface area (Å²) in [7, 11) is -4.63. The average molecular weight is 598 g/mol. The van der Waals surface area contributed by atoms with Gasteiger partial charge >= 0.3 is 18.4 Å². The number of sulfonamides is 1. The summed E-state index contributed by atoms with van der Waals surface area (Å²) >= 11 is 0. The second-order valence-corrected chi connectivity index (χ2v) is 10.8. The molecule has 2 atom stereocenters. The number of nitrogens with zero attached hydrogens (tertiary/aromatic N) is 1. The molecule has 3 rings (SSSR count). The van der Waals surface area contributed by atoms with Gasteiger partial charge in [-0.1, -0.05) is 0 Å². The Morgan fingerprint density at radius 3 is 2.38 bits per heavy atom. The molecule has 0 spiro atoms. The van der Waals surface area contributed by atoms with E-state index >= 15 is 0 Å². The Balaban J connectivity index is 1.99. The minimum absolute atomic E-state index is 0.0650. The first-order valence-electron chi connectivity index (χ1n) is 11.4. The van der Waals surface area contributed by atoms with E-state index in [1.54, 1.807) is 0 Å². The lowest BCUT2D eigenvalue weighted by Crippen LogP contribution is -2.54. The lowest BCUT2D eigenvalue weighted by molar-refractivity contribution is -0.242. The number of fused-ring (bicyclic) bond motifs is 1. The Bertz CT molecular complexity index is 1390. The van der Waals surface area contributed by atoms with Gasteiger partial charge in [0.1, 0.15) is 18.6 Å². The normalized spacial score (nSPS) is 17.4. The van der Waals surface area contributed by atoms with Crippen molar-refractivity contribution in [2.24, 2.45) is 0 Å². The zero-order valence-corrected chi connectivity index (χ0v) is 21.9. The molecule has 2 aromatic rings. The van der Waals surface area contributed by atoms with Gasteiger partial charge < -0.3 is 19.3 Å². The molecule has 0 bridgehead atoms. The van der Waals surface area contributed by atoms with Crippen molar-refractivity contribution in [2.75, 3.05) is 22.9 Å². The van der Waals surface area contributed by atoms with Crippen molar-refractivity contribution >= 4 is 33.6 Å². The van der Waals surface area contributed by atoms with Crippen molar-refractivity contribution in [3.8, 4) is 5.75 Å². The number of alkyl halides is 3. The number of carbonyl (C=O) groups is 2. The molecule has 0 saturated heterocycles. The van der Waals surface area contributed by atoms with E-state index in [9.17, 15) is 40.0 Å². The molecule has 3 N–H and O–H groups in total. The van der Waals surface area contributed by atoms with Crippen molar-refractivity contribution < 1.29 is 59.3 Å². The number of benzene rings is 2. The van der Waals surface area contributed by atoms with Crippen LogP contribution < -0.4 is 19.7 Å². The third-order valence-corrected chi connectivity index (χ3v) is 7.65. The van der Waals surface area contributed by atoms with Gasteiger partial charge in [-0.3, -0.25) is 14.9 Å². The maximum atomic E-state index is 13.9. The van der Waals surface area contributed by atoms with E-state index in [-0.39, 0.29) is 23.7 Å². The fourth-order valence-electron chi connectivity index (χ4n) is 3.56. The molecular weight excluding hydrogens is 573 g/mol. The van der Waals surface area contributed by atoms with Gasteiger partial charge in [0.25, 0.3) is 10.0 Å². The molecule has 17 heteroatoms. The van der Waals surface area contributed by atoms with Crippen molar-refractivity contribution in [1.82, 2.24) is 5.32 Å². The monoisotopic (exact) mass is 597 g/mol. The van der Waals surface area contributed by atoms with Gasteiger partial charge in [-0.05, 0) is 57.2 Å². The van der Waals surface area contributed by atoms with E-state index in [0.717, 1.165) is 16.4 Å². The van der Waals surface area contributed by atoms with Crippen LogP contribution in [0.5, 0.6) is 5.75 Å². The first-order chi connectivity index (χ1) is 18.4. The molecule has 1 aliphatic rings. The number of ether oxygens (including phenoxy) is 3. The van der Waals surface area contributed by atoms with Crippen LogP contribution in [0.1, 0.15) is 20.8 Å². The number of nitrogens with one attached hydrogen (secondary N) is 2. The summed E-state index contributed by atoms with van der Waals surface area (Å²) in [5, 5.41) is 13.3. The number of carbonyl (C=O) groups excluding carboxylic acids is 1. The zero-order valence-electron chi connectivity index (χ0n) is 21.1. The van der Waals surface area contributed by atoms with Gasteiger partial charge in [-0.2, -0.15) is 13.2 Å². The molecule has 40 heavy (non-hydrogen) atoms. The van der Waals surface area contributed by atoms with Gasteiger partial charge in [-0.25, -0.2) is 26.8 Å². The predicted molar refractivity (Wildman–Crippen MR) is 129 cm³/mol. The molecule has 220 valence electrons. The molecule has 11 nitrogen and oxygen atoms in total. The van der Waals surface area contributed by atoms with Crippen LogP contribution in [0.15, 0.2) is 41.3 Å². The minimum Gasteiger partial charge on any atom is -0.485 e. The molecule has 0 aromatic heterocycles. The van der Waals surface area contributed by atoms with Crippen molar-refractivity contribution in [3.63, 3.8) is 0 Å². The second kappa shape index (κ2) is 11.3. The molecule has 1 amide bonds. The highest BCUT2D eigenvalue weighted by Crippen LogP contribution is 2.42. The summed E-state index contributed by atoms with van der Waals surface area (Å²) < 4.78 is 110. The number of hydrogen-bond donors (Lipinski definition) is 3. The quantitative estimate of drug-likeness (QED) is 0.174. The lowest BCUT2D eigenvalue weighted by Gasteiger charge is -2.41. The second-order valence-electron chi connectivity index (χ2n) is 8.99. The number of carboxylic acid groups (broad SMARTS) is 1. The summed E-state index contributed by atoms with van der Waals surface area (Å²) in [6.07, 6.45) is -8.89. The smallest absolute Gasteiger partial charge is 0.485 e. The fraction of sp³-hybridized carbons (Fsp3) is 0.391. The number of rotatable bonds is 8. The van der Waals surface area contributed by atoms with E-state index in [2.05, 4.69) is 20.1 Å². The highest BCUT2D eigenvalue weighted by molar-refractivity contribution is 7.92. The largest absolute Gasteiger partial charge is 0.507 e. The summed E-state index contributed by atoms with van der Waals surface area (Å²) in [4.78, 5) is 22.1. The molecule has 1 heterocycles. The van der Waals surface area contributed by atoms with Gasteiger partial charge in [0.15, 0.2) is 11.6 Å². The number of halogens is 5. The van der Waals surface area contributed by atoms with Crippen LogP contribution >= 0.6 is 0 Å². The molecule has 1 aliphatic heterocycles. The third-order valence-electron chi connectivity index (χ3n) is 5.75. The summed E-state index contributed by atoms with van der Waals surface area (Å²) in [6.45, 7) is 2.10. The van der Waals surface area contributed by atoms with E-state index < -0.39 is 69.5 Å². The standard InChI is InChI=1S/C23H24F5N3O8S/c1-12-19(10-29-11-37-21(33)34)38-18-7-4-13(30-20(32)39-22(2,3)23(26,27)28)8-17(18)31(12)40(35,36)14-5-6-15(24)16(25)9-14/h4-9,12,19,29H,10-11H2,1-3H3,(H,30,32)(H,33,34)/t12-,19+/m1/s1. The lowest BCUT2D eigenvalue weighted by atomic mass is 10.1. The van der Waals surface area contributed by atoms with Crippen LogP contribution in [0.25, 0.3) is 0 Å². The van der Waals surface area contributed by atoms with Crippen LogP contribution in [0.4, 0.5) is 42.9 Å². The van der Waals surface area contributed by atoms with Gasteiger partial charge in [0.2, 0.25) is 5.60 Å². The van der Waals surface area contributed by atoms with Crippen LogP contribution in [0.3, 0.4) is 0 Å². The maximum absolute atomic E-state index is 13.9. The zero-order chi connectivity index (χ0) is 30.0. The van der Waals surface area contributed by atoms with Crippen LogP contribution in [-0.2, 0) is 19.5 Å². The molecule has 0 unspecified atom stereocenters. The molecule has 0 fully saturated rings.